The predicted molar refractivity (Wildman–Crippen MR) is 160 cm³/mol. The predicted octanol–water partition coefficient (Wildman–Crippen LogP) is 11.0. The Kier molecular flexibility index (Phi) is 3.36. The molecule has 2 aromatic heterocycles. The van der Waals surface area contributed by atoms with Crippen LogP contribution < -0.4 is 4.90 Å². The van der Waals surface area contributed by atoms with Gasteiger partial charge in [0.2, 0.25) is 0 Å². The van der Waals surface area contributed by atoms with E-state index < -0.39 is 7.34 Å². The van der Waals surface area contributed by atoms with Crippen molar-refractivity contribution >= 4 is 94.4 Å². The zero-order chi connectivity index (χ0) is 24.5. The molecule has 10 rings (SSSR count). The molecule has 0 spiro atoms. The minimum absolute atomic E-state index is 0.864. The summed E-state index contributed by atoms with van der Waals surface area (Å²) in [4.78, 5) is 2.37. The van der Waals surface area contributed by atoms with Crippen molar-refractivity contribution in [1.29, 1.82) is 0 Å². The molecule has 0 atom stereocenters. The average molecular weight is 503 g/mol. The van der Waals surface area contributed by atoms with Crippen LogP contribution in [-0.4, -0.2) is 0 Å². The first-order valence-corrected chi connectivity index (χ1v) is 14.2. The molecule has 0 amide bonds. The molecule has 0 saturated carbocycles. The zero-order valence-electron chi connectivity index (χ0n) is 20.1. The van der Waals surface area contributed by atoms with Crippen LogP contribution in [0.5, 0.6) is 0 Å². The van der Waals surface area contributed by atoms with Crippen molar-refractivity contribution in [3.63, 3.8) is 0 Å². The lowest BCUT2D eigenvalue weighted by molar-refractivity contribution is 0.656. The molecule has 3 heterocycles. The molecule has 7 aromatic carbocycles. The van der Waals surface area contributed by atoms with Gasteiger partial charge in [-0.3, -0.25) is 0 Å². The fourth-order valence-electron chi connectivity index (χ4n) is 6.77. The molecule has 1 aliphatic rings. The van der Waals surface area contributed by atoms with Crippen LogP contribution in [-0.2, 0) is 0 Å². The van der Waals surface area contributed by atoms with E-state index in [4.69, 9.17) is 8.83 Å². The fourth-order valence-corrected chi connectivity index (χ4v) is 9.66. The maximum atomic E-state index is 6.90. The van der Waals surface area contributed by atoms with E-state index in [2.05, 4.69) is 114 Å². The highest BCUT2D eigenvalue weighted by atomic mass is 31.1. The standard InChI is InChI=1S/C34H18NO2P/c1-2-9-21(10-3-1)35-24-11-5-13-26-32(24)38-33-25(35)12-6-14-27(33)37-31-23-18-16-20-8-4-7-19-15-17-22(29(23)28(19)20)30(36-26)34(31)38/h1-18H. The Hall–Kier alpha value is -4.72. The van der Waals surface area contributed by atoms with Crippen molar-refractivity contribution in [3.05, 3.63) is 109 Å². The maximum absolute atomic E-state index is 6.90. The Morgan fingerprint density at radius 2 is 1.05 bits per heavy atom. The molecule has 1 aliphatic heterocycles. The topological polar surface area (TPSA) is 29.5 Å². The van der Waals surface area contributed by atoms with E-state index in [1.165, 1.54) is 48.3 Å². The highest BCUT2D eigenvalue weighted by molar-refractivity contribution is 7.63. The lowest BCUT2D eigenvalue weighted by atomic mass is 9.94. The summed E-state index contributed by atoms with van der Waals surface area (Å²) in [5, 5.41) is 11.1. The molecule has 38 heavy (non-hydrogen) atoms. The Morgan fingerprint density at radius 3 is 1.66 bits per heavy atom. The minimum Gasteiger partial charge on any atom is -0.455 e. The second-order valence-electron chi connectivity index (χ2n) is 10.1. The number of nitrogens with zero attached hydrogens (tertiary/aromatic N) is 1. The zero-order valence-corrected chi connectivity index (χ0v) is 21.0. The number of rotatable bonds is 1. The van der Waals surface area contributed by atoms with E-state index in [1.54, 1.807) is 0 Å². The van der Waals surface area contributed by atoms with Crippen molar-refractivity contribution in [2.24, 2.45) is 0 Å². The SMILES string of the molecule is c1ccc(N2c3cccc4oc5c6ccc7cccc8ccc(c9oc%10cccc2c%10p(c34)c59)c6c78)cc1. The van der Waals surface area contributed by atoms with E-state index in [1.807, 2.05) is 0 Å². The van der Waals surface area contributed by atoms with Crippen LogP contribution in [0.3, 0.4) is 0 Å². The van der Waals surface area contributed by atoms with Gasteiger partial charge in [-0.05, 0) is 64.7 Å². The summed E-state index contributed by atoms with van der Waals surface area (Å²) < 4.78 is 13.8. The first kappa shape index (κ1) is 19.4. The van der Waals surface area contributed by atoms with Crippen LogP contribution in [0, 0.1) is 0 Å². The Balaban J connectivity index is 1.54. The molecule has 9 aromatic rings. The summed E-state index contributed by atoms with van der Waals surface area (Å²) in [6.07, 6.45) is 0. The van der Waals surface area contributed by atoms with Crippen LogP contribution in [0.4, 0.5) is 17.1 Å². The van der Waals surface area contributed by atoms with E-state index in [9.17, 15) is 0 Å². The Bertz CT molecular complexity index is 2320. The van der Waals surface area contributed by atoms with Crippen LogP contribution in [0.25, 0.3) is 70.0 Å². The van der Waals surface area contributed by atoms with Gasteiger partial charge in [0.1, 0.15) is 11.2 Å². The lowest BCUT2D eigenvalue weighted by Crippen LogP contribution is -2.12. The van der Waals surface area contributed by atoms with Gasteiger partial charge < -0.3 is 13.7 Å². The van der Waals surface area contributed by atoms with Gasteiger partial charge in [-0.15, -0.1) is 0 Å². The van der Waals surface area contributed by atoms with E-state index in [0.717, 1.165) is 38.8 Å². The summed E-state index contributed by atoms with van der Waals surface area (Å²) >= 11 is 0. The van der Waals surface area contributed by atoms with Gasteiger partial charge in [-0.25, -0.2) is 0 Å². The van der Waals surface area contributed by atoms with Crippen molar-refractivity contribution in [3.8, 4) is 0 Å². The van der Waals surface area contributed by atoms with Gasteiger partial charge >= 0.3 is 0 Å². The average Bonchev–Trinajstić information content (AvgIpc) is 2.97. The number of fused-ring (bicyclic) bond motifs is 2. The second kappa shape index (κ2) is 6.58. The molecule has 0 radical (unpaired) electrons. The molecule has 3 nitrogen and oxygen atoms in total. The maximum Gasteiger partial charge on any atom is 0.150 e. The van der Waals surface area contributed by atoms with Gasteiger partial charge in [0.15, 0.2) is 11.2 Å². The summed E-state index contributed by atoms with van der Waals surface area (Å²) in [6, 6.07) is 39.0. The number of para-hydroxylation sites is 1. The van der Waals surface area contributed by atoms with Crippen LogP contribution in [0.15, 0.2) is 118 Å². The normalized spacial score (nSPS) is 13.2. The molecule has 0 bridgehead atoms. The van der Waals surface area contributed by atoms with Gasteiger partial charge in [0.25, 0.3) is 0 Å². The molecule has 0 aliphatic carbocycles. The third-order valence-electron chi connectivity index (χ3n) is 8.24. The van der Waals surface area contributed by atoms with Crippen LogP contribution in [0.1, 0.15) is 0 Å². The Morgan fingerprint density at radius 1 is 0.474 bits per heavy atom. The molecule has 0 N–H and O–H groups in total. The van der Waals surface area contributed by atoms with Crippen LogP contribution in [0.2, 0.25) is 0 Å². The minimum atomic E-state index is -0.864. The highest BCUT2D eigenvalue weighted by Gasteiger charge is 2.30. The Labute approximate surface area is 217 Å². The summed E-state index contributed by atoms with van der Waals surface area (Å²) in [5.41, 5.74) is 7.32. The molecular weight excluding hydrogens is 485 g/mol. The smallest absolute Gasteiger partial charge is 0.150 e. The summed E-state index contributed by atoms with van der Waals surface area (Å²) in [7, 11) is -0.864. The molecule has 176 valence electrons. The van der Waals surface area contributed by atoms with Gasteiger partial charge in [-0.1, -0.05) is 68.0 Å². The highest BCUT2D eigenvalue weighted by Crippen LogP contribution is 2.62. The molecule has 0 unspecified atom stereocenters. The van der Waals surface area contributed by atoms with Gasteiger partial charge in [-0.2, -0.15) is 0 Å². The molecule has 4 heteroatoms. The third-order valence-corrected chi connectivity index (χ3v) is 10.9. The molecular formula is C34H18NO2P. The second-order valence-corrected chi connectivity index (χ2v) is 12.2. The van der Waals surface area contributed by atoms with E-state index in [-0.39, 0.29) is 0 Å². The molecule has 0 fully saturated rings. The van der Waals surface area contributed by atoms with Crippen molar-refractivity contribution in [2.75, 3.05) is 4.90 Å². The number of anilines is 3. The lowest BCUT2D eigenvalue weighted by Gasteiger charge is -2.32. The summed E-state index contributed by atoms with van der Waals surface area (Å²) in [5.74, 6) is 0. The first-order valence-electron chi connectivity index (χ1n) is 12.9. The van der Waals surface area contributed by atoms with E-state index >= 15 is 0 Å². The van der Waals surface area contributed by atoms with Crippen molar-refractivity contribution < 1.29 is 8.83 Å². The molecule has 0 saturated heterocycles. The summed E-state index contributed by atoms with van der Waals surface area (Å²) in [6.45, 7) is 0. The van der Waals surface area contributed by atoms with Gasteiger partial charge in [0.05, 0.1) is 26.7 Å². The monoisotopic (exact) mass is 503 g/mol. The number of hydrogen-bond acceptors (Lipinski definition) is 3. The van der Waals surface area contributed by atoms with Crippen molar-refractivity contribution in [1.82, 2.24) is 0 Å². The largest absolute Gasteiger partial charge is 0.455 e. The number of benzene rings is 7. The quantitative estimate of drug-likeness (QED) is 0.165. The number of hydrogen-bond donors (Lipinski definition) is 0. The third kappa shape index (κ3) is 2.16. The van der Waals surface area contributed by atoms with Crippen molar-refractivity contribution in [2.45, 2.75) is 0 Å². The van der Waals surface area contributed by atoms with Gasteiger partial charge in [0, 0.05) is 21.8 Å². The van der Waals surface area contributed by atoms with E-state index in [0.29, 0.717) is 0 Å². The fraction of sp³-hybridized carbons (Fsp3) is 0. The van der Waals surface area contributed by atoms with Crippen LogP contribution >= 0.6 is 7.34 Å². The first-order chi connectivity index (χ1) is 18.9.